The molecule has 2 heteroatoms. The summed E-state index contributed by atoms with van der Waals surface area (Å²) in [7, 11) is 0. The zero-order chi connectivity index (χ0) is 19.5. The first-order chi connectivity index (χ1) is 12.0. The normalized spacial score (nSPS) is 11.8. The summed E-state index contributed by atoms with van der Waals surface area (Å²) in [6.07, 6.45) is 0. The van der Waals surface area contributed by atoms with Gasteiger partial charge in [-0.05, 0) is 45.5 Å². The van der Waals surface area contributed by atoms with Crippen molar-refractivity contribution in [1.29, 1.82) is 0 Å². The summed E-state index contributed by atoms with van der Waals surface area (Å²) in [5.74, 6) is 0.699. The van der Waals surface area contributed by atoms with Crippen LogP contribution >= 0.6 is 0 Å². The fourth-order valence-corrected chi connectivity index (χ4v) is 2.68. The van der Waals surface area contributed by atoms with E-state index in [1.165, 1.54) is 11.1 Å². The Morgan fingerprint density at radius 3 is 1.62 bits per heavy atom. The first-order valence-electron chi connectivity index (χ1n) is 9.00. The van der Waals surface area contributed by atoms with Crippen molar-refractivity contribution in [2.45, 2.75) is 52.4 Å². The highest BCUT2D eigenvalue weighted by atomic mass is 16.3. The van der Waals surface area contributed by atoms with E-state index in [4.69, 9.17) is 5.11 Å². The molecule has 0 aliphatic rings. The van der Waals surface area contributed by atoms with Crippen molar-refractivity contribution in [3.8, 4) is 11.5 Å². The molecule has 0 aliphatic heterocycles. The number of phenolic OH excluding ortho intramolecular Hbond substituents is 2. The second kappa shape index (κ2) is 7.41. The standard InChI is InChI=1S/C18H24O.C6H6O/c1-17(2,3)13-7-8-15-12(9-13)10-14(11-16(15)19)18(4,5)6;7-6-4-2-1-3-5-6/h7-11,19H,1-6H3;1-5,7H. The molecule has 3 aromatic carbocycles. The number of fused-ring (bicyclic) bond motifs is 1. The van der Waals surface area contributed by atoms with Gasteiger partial charge in [0.25, 0.3) is 0 Å². The van der Waals surface area contributed by atoms with Crippen LogP contribution in [0.2, 0.25) is 0 Å². The smallest absolute Gasteiger partial charge is 0.123 e. The molecule has 0 atom stereocenters. The lowest BCUT2D eigenvalue weighted by Gasteiger charge is -2.22. The number of hydrogen-bond donors (Lipinski definition) is 2. The molecule has 0 heterocycles. The van der Waals surface area contributed by atoms with E-state index in [0.717, 1.165) is 10.8 Å². The molecule has 0 saturated heterocycles. The molecule has 0 amide bonds. The average molecular weight is 351 g/mol. The summed E-state index contributed by atoms with van der Waals surface area (Å²) in [5.41, 5.74) is 2.64. The van der Waals surface area contributed by atoms with Gasteiger partial charge in [0.1, 0.15) is 11.5 Å². The fourth-order valence-electron chi connectivity index (χ4n) is 2.68. The van der Waals surface area contributed by atoms with Gasteiger partial charge in [0.15, 0.2) is 0 Å². The SMILES string of the molecule is CC(C)(C)c1ccc2c(O)cc(C(C)(C)C)cc2c1.Oc1ccccc1. The summed E-state index contributed by atoms with van der Waals surface area (Å²) in [5, 5.41) is 20.9. The van der Waals surface area contributed by atoms with Crippen LogP contribution in [-0.4, -0.2) is 10.2 Å². The third kappa shape index (κ3) is 5.01. The molecule has 0 aliphatic carbocycles. The Morgan fingerprint density at radius 1 is 0.615 bits per heavy atom. The maximum Gasteiger partial charge on any atom is 0.123 e. The molecule has 0 radical (unpaired) electrons. The van der Waals surface area contributed by atoms with E-state index in [1.807, 2.05) is 18.2 Å². The average Bonchev–Trinajstić information content (AvgIpc) is 2.54. The van der Waals surface area contributed by atoms with E-state index < -0.39 is 0 Å². The van der Waals surface area contributed by atoms with Gasteiger partial charge in [0.2, 0.25) is 0 Å². The second-order valence-corrected chi connectivity index (χ2v) is 8.77. The van der Waals surface area contributed by atoms with E-state index in [1.54, 1.807) is 24.3 Å². The van der Waals surface area contributed by atoms with Crippen LogP contribution in [0, 0.1) is 0 Å². The van der Waals surface area contributed by atoms with E-state index in [0.29, 0.717) is 11.5 Å². The highest BCUT2D eigenvalue weighted by molar-refractivity contribution is 5.89. The predicted octanol–water partition coefficient (Wildman–Crippen LogP) is 6.53. The molecule has 138 valence electrons. The number of hydrogen-bond acceptors (Lipinski definition) is 2. The summed E-state index contributed by atoms with van der Waals surface area (Å²) < 4.78 is 0. The maximum absolute atomic E-state index is 10.2. The third-order valence-electron chi connectivity index (χ3n) is 4.42. The van der Waals surface area contributed by atoms with Crippen LogP contribution in [0.15, 0.2) is 60.7 Å². The Morgan fingerprint density at radius 2 is 1.15 bits per heavy atom. The van der Waals surface area contributed by atoms with Gasteiger partial charge in [-0.15, -0.1) is 0 Å². The predicted molar refractivity (Wildman–Crippen MR) is 111 cm³/mol. The second-order valence-electron chi connectivity index (χ2n) is 8.77. The number of phenols is 2. The molecular weight excluding hydrogens is 320 g/mol. The van der Waals surface area contributed by atoms with Gasteiger partial charge >= 0.3 is 0 Å². The first kappa shape index (κ1) is 19.8. The minimum atomic E-state index is 0.0450. The first-order valence-corrected chi connectivity index (χ1v) is 9.00. The Kier molecular flexibility index (Phi) is 5.65. The van der Waals surface area contributed by atoms with Crippen LogP contribution in [0.25, 0.3) is 10.8 Å². The number of para-hydroxylation sites is 1. The van der Waals surface area contributed by atoms with Crippen LogP contribution in [-0.2, 0) is 10.8 Å². The van der Waals surface area contributed by atoms with Crippen LogP contribution < -0.4 is 0 Å². The summed E-state index contributed by atoms with van der Waals surface area (Å²) >= 11 is 0. The van der Waals surface area contributed by atoms with Crippen LogP contribution in [0.4, 0.5) is 0 Å². The lowest BCUT2D eigenvalue weighted by Crippen LogP contribution is -2.12. The summed E-state index contributed by atoms with van der Waals surface area (Å²) in [6.45, 7) is 13.1. The Hall–Kier alpha value is -2.48. The minimum absolute atomic E-state index is 0.0450. The maximum atomic E-state index is 10.2. The number of rotatable bonds is 0. The molecule has 0 spiro atoms. The zero-order valence-corrected chi connectivity index (χ0v) is 16.7. The summed E-state index contributed by atoms with van der Waals surface area (Å²) in [4.78, 5) is 0. The van der Waals surface area contributed by atoms with Gasteiger partial charge in [0.05, 0.1) is 0 Å². The van der Waals surface area contributed by atoms with Crippen LogP contribution in [0.1, 0.15) is 52.7 Å². The largest absolute Gasteiger partial charge is 0.508 e. The van der Waals surface area contributed by atoms with Gasteiger partial charge in [-0.25, -0.2) is 0 Å². The number of aromatic hydroxyl groups is 2. The molecule has 2 nitrogen and oxygen atoms in total. The highest BCUT2D eigenvalue weighted by Crippen LogP contribution is 2.34. The van der Waals surface area contributed by atoms with Crippen molar-refractivity contribution in [3.63, 3.8) is 0 Å². The Labute approximate surface area is 157 Å². The Bertz CT molecular complexity index is 861. The lowest BCUT2D eigenvalue weighted by molar-refractivity contribution is 0.475. The molecule has 0 aromatic heterocycles. The van der Waals surface area contributed by atoms with Crippen LogP contribution in [0.3, 0.4) is 0 Å². The van der Waals surface area contributed by atoms with Gasteiger partial charge in [-0.3, -0.25) is 0 Å². The van der Waals surface area contributed by atoms with Gasteiger partial charge < -0.3 is 10.2 Å². The summed E-state index contributed by atoms with van der Waals surface area (Å²) in [6, 6.07) is 19.1. The topological polar surface area (TPSA) is 40.5 Å². The lowest BCUT2D eigenvalue weighted by atomic mass is 9.83. The van der Waals surface area contributed by atoms with E-state index in [2.05, 4.69) is 59.7 Å². The van der Waals surface area contributed by atoms with Gasteiger partial charge in [-0.1, -0.05) is 84.0 Å². The molecular formula is C24H30O2. The molecule has 0 unspecified atom stereocenters. The van der Waals surface area contributed by atoms with Crippen molar-refractivity contribution < 1.29 is 10.2 Å². The van der Waals surface area contributed by atoms with Gasteiger partial charge in [0, 0.05) is 5.39 Å². The van der Waals surface area contributed by atoms with Crippen LogP contribution in [0.5, 0.6) is 11.5 Å². The minimum Gasteiger partial charge on any atom is -0.508 e. The van der Waals surface area contributed by atoms with E-state index >= 15 is 0 Å². The molecule has 0 bridgehead atoms. The van der Waals surface area contributed by atoms with Crippen molar-refractivity contribution in [2.75, 3.05) is 0 Å². The van der Waals surface area contributed by atoms with Crippen molar-refractivity contribution >= 4 is 10.8 Å². The van der Waals surface area contributed by atoms with Crippen molar-refractivity contribution in [1.82, 2.24) is 0 Å². The highest BCUT2D eigenvalue weighted by Gasteiger charge is 2.18. The molecule has 0 saturated carbocycles. The molecule has 2 N–H and O–H groups in total. The Balaban J connectivity index is 0.000000290. The molecule has 26 heavy (non-hydrogen) atoms. The van der Waals surface area contributed by atoms with Gasteiger partial charge in [-0.2, -0.15) is 0 Å². The van der Waals surface area contributed by atoms with Crippen molar-refractivity contribution in [2.24, 2.45) is 0 Å². The van der Waals surface area contributed by atoms with E-state index in [9.17, 15) is 5.11 Å². The zero-order valence-electron chi connectivity index (χ0n) is 16.7. The molecule has 3 aromatic rings. The molecule has 0 fully saturated rings. The quantitative estimate of drug-likeness (QED) is 0.484. The van der Waals surface area contributed by atoms with E-state index in [-0.39, 0.29) is 10.8 Å². The fraction of sp³-hybridized carbons (Fsp3) is 0.333. The third-order valence-corrected chi connectivity index (χ3v) is 4.42. The monoisotopic (exact) mass is 350 g/mol. The van der Waals surface area contributed by atoms with Crippen molar-refractivity contribution in [3.05, 3.63) is 71.8 Å². The molecule has 3 rings (SSSR count). The number of benzene rings is 3.